The molecule has 5 heteroatoms. The summed E-state index contributed by atoms with van der Waals surface area (Å²) in [5.41, 5.74) is 0. The molecular formula is C13H18BrNO3. The maximum absolute atomic E-state index is 9.24. The Morgan fingerprint density at radius 2 is 2.17 bits per heavy atom. The second-order valence-electron chi connectivity index (χ2n) is 4.25. The zero-order chi connectivity index (χ0) is 12.8. The molecule has 0 radical (unpaired) electrons. The summed E-state index contributed by atoms with van der Waals surface area (Å²) in [6, 6.07) is 7.90. The number of rotatable bonds is 5. The molecule has 0 bridgehead atoms. The molecule has 1 aliphatic heterocycles. The highest BCUT2D eigenvalue weighted by Gasteiger charge is 2.21. The van der Waals surface area contributed by atoms with E-state index < -0.39 is 0 Å². The number of benzene rings is 1. The Bertz CT molecular complexity index is 358. The first-order chi connectivity index (χ1) is 8.79. The van der Waals surface area contributed by atoms with Crippen molar-refractivity contribution in [1.82, 2.24) is 4.90 Å². The number of morpholine rings is 1. The van der Waals surface area contributed by atoms with Gasteiger partial charge < -0.3 is 14.6 Å². The van der Waals surface area contributed by atoms with Gasteiger partial charge in [-0.25, -0.2) is 0 Å². The number of nitrogens with zero attached hydrogens (tertiary/aromatic N) is 1. The van der Waals surface area contributed by atoms with Crippen molar-refractivity contribution in [3.63, 3.8) is 0 Å². The maximum atomic E-state index is 9.24. The minimum absolute atomic E-state index is 0.104. The molecule has 1 fully saturated rings. The maximum Gasteiger partial charge on any atom is 0.119 e. The number of ether oxygens (including phenoxy) is 2. The van der Waals surface area contributed by atoms with E-state index in [2.05, 4.69) is 20.8 Å². The Hall–Kier alpha value is -0.620. The number of halogens is 1. The molecule has 4 nitrogen and oxygen atoms in total. The van der Waals surface area contributed by atoms with Gasteiger partial charge in [-0.1, -0.05) is 15.9 Å². The van der Waals surface area contributed by atoms with Crippen LogP contribution in [0.5, 0.6) is 5.75 Å². The molecule has 1 unspecified atom stereocenters. The summed E-state index contributed by atoms with van der Waals surface area (Å²) in [6.45, 7) is 3.76. The summed E-state index contributed by atoms with van der Waals surface area (Å²) in [5.74, 6) is 0.868. The van der Waals surface area contributed by atoms with E-state index in [1.54, 1.807) is 0 Å². The molecule has 1 heterocycles. The van der Waals surface area contributed by atoms with Crippen LogP contribution in [-0.4, -0.2) is 55.6 Å². The van der Waals surface area contributed by atoms with Gasteiger partial charge in [0, 0.05) is 17.6 Å². The summed E-state index contributed by atoms with van der Waals surface area (Å²) in [6.07, 6.45) is 0. The van der Waals surface area contributed by atoms with Crippen LogP contribution < -0.4 is 4.74 Å². The Labute approximate surface area is 116 Å². The summed E-state index contributed by atoms with van der Waals surface area (Å²) in [7, 11) is 0. The van der Waals surface area contributed by atoms with E-state index in [-0.39, 0.29) is 12.6 Å². The molecule has 0 aliphatic carbocycles. The average Bonchev–Trinajstić information content (AvgIpc) is 2.41. The Balaban J connectivity index is 1.75. The van der Waals surface area contributed by atoms with Crippen LogP contribution in [0.4, 0.5) is 0 Å². The fourth-order valence-corrected chi connectivity index (χ4v) is 2.23. The lowest BCUT2D eigenvalue weighted by atomic mass is 10.2. The summed E-state index contributed by atoms with van der Waals surface area (Å²) >= 11 is 3.39. The molecule has 0 amide bonds. The molecule has 0 saturated carbocycles. The van der Waals surface area contributed by atoms with E-state index in [0.717, 1.165) is 29.9 Å². The molecule has 1 aromatic rings. The van der Waals surface area contributed by atoms with Gasteiger partial charge in [-0.05, 0) is 24.3 Å². The Morgan fingerprint density at radius 3 is 2.89 bits per heavy atom. The first-order valence-electron chi connectivity index (χ1n) is 6.10. The van der Waals surface area contributed by atoms with Gasteiger partial charge >= 0.3 is 0 Å². The van der Waals surface area contributed by atoms with Crippen molar-refractivity contribution in [3.8, 4) is 5.75 Å². The molecule has 1 aromatic carbocycles. The van der Waals surface area contributed by atoms with Crippen molar-refractivity contribution in [2.45, 2.75) is 6.04 Å². The number of aliphatic hydroxyl groups is 1. The molecule has 2 rings (SSSR count). The number of aliphatic hydroxyl groups excluding tert-OH is 1. The smallest absolute Gasteiger partial charge is 0.119 e. The van der Waals surface area contributed by atoms with Crippen LogP contribution >= 0.6 is 15.9 Å². The molecule has 18 heavy (non-hydrogen) atoms. The van der Waals surface area contributed by atoms with E-state index in [1.165, 1.54) is 0 Å². The third-order valence-corrected chi connectivity index (χ3v) is 3.55. The first-order valence-corrected chi connectivity index (χ1v) is 6.90. The van der Waals surface area contributed by atoms with Crippen LogP contribution in [0, 0.1) is 0 Å². The van der Waals surface area contributed by atoms with Crippen LogP contribution in [0.2, 0.25) is 0 Å². The first kappa shape index (κ1) is 13.8. The highest BCUT2D eigenvalue weighted by Crippen LogP contribution is 2.16. The van der Waals surface area contributed by atoms with E-state index in [1.807, 2.05) is 24.3 Å². The third kappa shape index (κ3) is 3.95. The SMILES string of the molecule is OCC1COCCN1CCOc1ccc(Br)cc1. The fraction of sp³-hybridized carbons (Fsp3) is 0.538. The van der Waals surface area contributed by atoms with Gasteiger partial charge in [0.1, 0.15) is 12.4 Å². The van der Waals surface area contributed by atoms with Crippen LogP contribution in [0.3, 0.4) is 0 Å². The Morgan fingerprint density at radius 1 is 1.39 bits per heavy atom. The van der Waals surface area contributed by atoms with Crippen molar-refractivity contribution >= 4 is 15.9 Å². The van der Waals surface area contributed by atoms with Gasteiger partial charge in [-0.3, -0.25) is 4.90 Å². The van der Waals surface area contributed by atoms with E-state index in [0.29, 0.717) is 13.2 Å². The molecule has 1 N–H and O–H groups in total. The molecular weight excluding hydrogens is 298 g/mol. The number of hydrogen-bond acceptors (Lipinski definition) is 4. The quantitative estimate of drug-likeness (QED) is 0.894. The summed E-state index contributed by atoms with van der Waals surface area (Å²) < 4.78 is 12.0. The van der Waals surface area contributed by atoms with Crippen molar-refractivity contribution in [1.29, 1.82) is 0 Å². The van der Waals surface area contributed by atoms with Crippen molar-refractivity contribution in [3.05, 3.63) is 28.7 Å². The van der Waals surface area contributed by atoms with E-state index in [9.17, 15) is 5.11 Å². The monoisotopic (exact) mass is 315 g/mol. The van der Waals surface area contributed by atoms with E-state index in [4.69, 9.17) is 9.47 Å². The van der Waals surface area contributed by atoms with Gasteiger partial charge in [-0.2, -0.15) is 0 Å². The van der Waals surface area contributed by atoms with Crippen LogP contribution in [-0.2, 0) is 4.74 Å². The zero-order valence-electron chi connectivity index (χ0n) is 10.2. The predicted molar refractivity (Wildman–Crippen MR) is 72.9 cm³/mol. The van der Waals surface area contributed by atoms with Crippen LogP contribution in [0.1, 0.15) is 0 Å². The van der Waals surface area contributed by atoms with Gasteiger partial charge in [0.25, 0.3) is 0 Å². The lowest BCUT2D eigenvalue weighted by molar-refractivity contribution is -0.0312. The van der Waals surface area contributed by atoms with Gasteiger partial charge in [-0.15, -0.1) is 0 Å². The minimum Gasteiger partial charge on any atom is -0.492 e. The molecule has 1 atom stereocenters. The molecule has 1 saturated heterocycles. The van der Waals surface area contributed by atoms with Crippen LogP contribution in [0.15, 0.2) is 28.7 Å². The fourth-order valence-electron chi connectivity index (χ4n) is 1.96. The lowest BCUT2D eigenvalue weighted by Gasteiger charge is -2.34. The standard InChI is InChI=1S/C13H18BrNO3/c14-11-1-3-13(4-2-11)18-8-6-15-5-7-17-10-12(15)9-16/h1-4,12,16H,5-10H2. The van der Waals surface area contributed by atoms with Gasteiger partial charge in [0.05, 0.1) is 25.9 Å². The second kappa shape index (κ2) is 7.09. The van der Waals surface area contributed by atoms with Crippen LogP contribution in [0.25, 0.3) is 0 Å². The molecule has 0 spiro atoms. The molecule has 1 aliphatic rings. The molecule has 100 valence electrons. The highest BCUT2D eigenvalue weighted by atomic mass is 79.9. The number of hydrogen-bond donors (Lipinski definition) is 1. The average molecular weight is 316 g/mol. The summed E-state index contributed by atoms with van der Waals surface area (Å²) in [5, 5.41) is 9.24. The van der Waals surface area contributed by atoms with Crippen molar-refractivity contribution in [2.75, 3.05) is 39.5 Å². The van der Waals surface area contributed by atoms with Gasteiger partial charge in [0.2, 0.25) is 0 Å². The van der Waals surface area contributed by atoms with Gasteiger partial charge in [0.15, 0.2) is 0 Å². The normalized spacial score (nSPS) is 20.9. The second-order valence-corrected chi connectivity index (χ2v) is 5.17. The predicted octanol–water partition coefficient (Wildman–Crippen LogP) is 1.52. The zero-order valence-corrected chi connectivity index (χ0v) is 11.8. The third-order valence-electron chi connectivity index (χ3n) is 3.02. The Kier molecular flexibility index (Phi) is 5.44. The topological polar surface area (TPSA) is 41.9 Å². The van der Waals surface area contributed by atoms with E-state index >= 15 is 0 Å². The highest BCUT2D eigenvalue weighted by molar-refractivity contribution is 9.10. The summed E-state index contributed by atoms with van der Waals surface area (Å²) in [4.78, 5) is 2.21. The lowest BCUT2D eigenvalue weighted by Crippen LogP contribution is -2.48. The van der Waals surface area contributed by atoms with Crippen molar-refractivity contribution < 1.29 is 14.6 Å². The molecule has 0 aromatic heterocycles. The minimum atomic E-state index is 0.104. The van der Waals surface area contributed by atoms with Crippen molar-refractivity contribution in [2.24, 2.45) is 0 Å². The largest absolute Gasteiger partial charge is 0.492 e.